The Morgan fingerprint density at radius 2 is 0.792 bits per heavy atom. The molecule has 4 amide bonds. The van der Waals surface area contributed by atoms with Crippen LogP contribution in [0.5, 0.6) is 0 Å². The molecule has 0 bridgehead atoms. The highest BCUT2D eigenvalue weighted by molar-refractivity contribution is 6.43. The topological polar surface area (TPSA) is 122 Å². The normalized spacial score (nSPS) is 14.2. The van der Waals surface area contributed by atoms with Gasteiger partial charge < -0.3 is 0 Å². The minimum atomic E-state index is -0.712. The highest BCUT2D eigenvalue weighted by Gasteiger charge is 2.45. The van der Waals surface area contributed by atoms with Crippen molar-refractivity contribution in [3.63, 3.8) is 0 Å². The van der Waals surface area contributed by atoms with Gasteiger partial charge in [0.25, 0.3) is 23.6 Å². The summed E-state index contributed by atoms with van der Waals surface area (Å²) in [4.78, 5) is 60.6. The van der Waals surface area contributed by atoms with Crippen LogP contribution in [0, 0.1) is 22.7 Å². The number of imide groups is 2. The van der Waals surface area contributed by atoms with Crippen LogP contribution in [0.15, 0.2) is 48.5 Å². The Morgan fingerprint density at radius 3 is 1.04 bits per heavy atom. The number of nitriles is 2. The lowest BCUT2D eigenvalue weighted by Gasteiger charge is -2.36. The van der Waals surface area contributed by atoms with Crippen molar-refractivity contribution in [1.29, 1.82) is 10.5 Å². The third-order valence-corrected chi connectivity index (χ3v) is 9.48. The highest BCUT2D eigenvalue weighted by Crippen LogP contribution is 2.47. The van der Waals surface area contributed by atoms with E-state index in [9.17, 15) is 29.7 Å². The SMILES string of the molecule is CC(C)c1cccc(C(C)C)c1N1C(=O)c2cc(C#N)c3c4c(cc(C#N)c(c24)C1=O)C(=O)N(c1c(C(C)C)cccc1C(C)C)C3=O. The van der Waals surface area contributed by atoms with E-state index < -0.39 is 23.6 Å². The largest absolute Gasteiger partial charge is 0.268 e. The van der Waals surface area contributed by atoms with Gasteiger partial charge in [-0.3, -0.25) is 19.2 Å². The summed E-state index contributed by atoms with van der Waals surface area (Å²) >= 11 is 0. The molecule has 0 spiro atoms. The van der Waals surface area contributed by atoms with Crippen LogP contribution in [0.4, 0.5) is 11.4 Å². The van der Waals surface area contributed by atoms with Crippen molar-refractivity contribution in [2.75, 3.05) is 9.80 Å². The zero-order valence-corrected chi connectivity index (χ0v) is 28.4. The molecule has 4 aromatic carbocycles. The first-order valence-corrected chi connectivity index (χ1v) is 16.3. The molecule has 48 heavy (non-hydrogen) atoms. The van der Waals surface area contributed by atoms with Crippen molar-refractivity contribution in [2.24, 2.45) is 0 Å². The van der Waals surface area contributed by atoms with Gasteiger partial charge in [-0.05, 0) is 58.1 Å². The number of rotatable bonds is 6. The van der Waals surface area contributed by atoms with E-state index in [2.05, 4.69) is 12.1 Å². The van der Waals surface area contributed by atoms with Crippen molar-refractivity contribution in [3.05, 3.63) is 104 Å². The molecule has 4 aromatic rings. The Balaban J connectivity index is 1.71. The molecule has 0 aromatic heterocycles. The summed E-state index contributed by atoms with van der Waals surface area (Å²) in [5.41, 5.74) is 3.69. The van der Waals surface area contributed by atoms with Gasteiger partial charge in [0.2, 0.25) is 0 Å². The molecule has 240 valence electrons. The first-order chi connectivity index (χ1) is 22.8. The molecule has 0 saturated carbocycles. The summed E-state index contributed by atoms with van der Waals surface area (Å²) in [6.45, 7) is 15.8. The van der Waals surface area contributed by atoms with Crippen LogP contribution in [0.1, 0.15) is 154 Å². The Morgan fingerprint density at radius 1 is 0.500 bits per heavy atom. The molecule has 0 fully saturated rings. The molecule has 0 N–H and O–H groups in total. The van der Waals surface area contributed by atoms with Crippen LogP contribution in [-0.4, -0.2) is 23.6 Å². The van der Waals surface area contributed by atoms with E-state index in [1.165, 1.54) is 12.1 Å². The maximum Gasteiger partial charge on any atom is 0.267 e. The van der Waals surface area contributed by atoms with Gasteiger partial charge in [-0.2, -0.15) is 10.5 Å². The van der Waals surface area contributed by atoms with Crippen LogP contribution in [-0.2, 0) is 0 Å². The van der Waals surface area contributed by atoms with Crippen molar-refractivity contribution in [3.8, 4) is 12.1 Å². The van der Waals surface area contributed by atoms with Gasteiger partial charge in [0, 0.05) is 10.8 Å². The van der Waals surface area contributed by atoms with Crippen LogP contribution in [0.25, 0.3) is 10.8 Å². The number of nitrogens with zero attached hydrogens (tertiary/aromatic N) is 4. The number of hydrogen-bond acceptors (Lipinski definition) is 6. The van der Waals surface area contributed by atoms with Crippen molar-refractivity contribution < 1.29 is 19.2 Å². The lowest BCUT2D eigenvalue weighted by Crippen LogP contribution is -2.45. The number of anilines is 2. The molecule has 0 saturated heterocycles. The number of hydrogen-bond donors (Lipinski definition) is 0. The van der Waals surface area contributed by atoms with Gasteiger partial charge in [-0.1, -0.05) is 91.8 Å². The fourth-order valence-electron chi connectivity index (χ4n) is 7.19. The second kappa shape index (κ2) is 11.6. The molecule has 0 radical (unpaired) electrons. The summed E-state index contributed by atoms with van der Waals surface area (Å²) in [7, 11) is 0. The molecule has 2 aliphatic heterocycles. The monoisotopic (exact) mass is 636 g/mol. The zero-order chi connectivity index (χ0) is 34.9. The number of para-hydroxylation sites is 2. The predicted molar refractivity (Wildman–Crippen MR) is 185 cm³/mol. The number of carbonyl (C=O) groups excluding carboxylic acids is 4. The number of benzene rings is 4. The minimum Gasteiger partial charge on any atom is -0.268 e. The molecule has 8 nitrogen and oxygen atoms in total. The van der Waals surface area contributed by atoms with E-state index in [0.717, 1.165) is 32.1 Å². The third-order valence-electron chi connectivity index (χ3n) is 9.48. The third kappa shape index (κ3) is 4.47. The van der Waals surface area contributed by atoms with E-state index in [-0.39, 0.29) is 67.8 Å². The van der Waals surface area contributed by atoms with Crippen molar-refractivity contribution >= 4 is 45.8 Å². The smallest absolute Gasteiger partial charge is 0.267 e. The van der Waals surface area contributed by atoms with Crippen molar-refractivity contribution in [2.45, 2.75) is 79.1 Å². The predicted octanol–water partition coefficient (Wildman–Crippen LogP) is 8.68. The van der Waals surface area contributed by atoms with E-state index in [4.69, 9.17) is 0 Å². The van der Waals surface area contributed by atoms with Crippen LogP contribution >= 0.6 is 0 Å². The van der Waals surface area contributed by atoms with Gasteiger partial charge in [0.1, 0.15) is 12.1 Å². The molecular formula is C40H36N4O4. The fourth-order valence-corrected chi connectivity index (χ4v) is 7.19. The lowest BCUT2D eigenvalue weighted by atomic mass is 9.80. The maximum atomic E-state index is 14.6. The first-order valence-electron chi connectivity index (χ1n) is 16.3. The van der Waals surface area contributed by atoms with Gasteiger partial charge in [-0.25, -0.2) is 9.80 Å². The highest BCUT2D eigenvalue weighted by atomic mass is 16.2. The molecule has 2 aliphatic rings. The standard InChI is InChI=1S/C40H36N4O4/c1-19(2)25-11-9-12-26(20(3)4)35(25)43-37(45)29-15-24(18-42)32-34-30(16-23(17-41)31(33(29)34)39(43)47)38(46)44(40(32)48)36-27(21(5)6)13-10-14-28(36)22(7)8/h9-16,19-22H,1-8H3. The Labute approximate surface area is 280 Å². The number of amides is 4. The van der Waals surface area contributed by atoms with E-state index in [0.29, 0.717) is 11.4 Å². The summed E-state index contributed by atoms with van der Waals surface area (Å²) in [6, 6.07) is 18.2. The number of carbonyl (C=O) groups is 4. The molecule has 8 heteroatoms. The fraction of sp³-hybridized carbons (Fsp3) is 0.300. The Bertz CT molecular complexity index is 2000. The van der Waals surface area contributed by atoms with Gasteiger partial charge in [-0.15, -0.1) is 0 Å². The van der Waals surface area contributed by atoms with Gasteiger partial charge in [0.15, 0.2) is 0 Å². The van der Waals surface area contributed by atoms with E-state index in [1.54, 1.807) is 0 Å². The van der Waals surface area contributed by atoms with Crippen LogP contribution in [0.3, 0.4) is 0 Å². The van der Waals surface area contributed by atoms with Crippen molar-refractivity contribution in [1.82, 2.24) is 0 Å². The van der Waals surface area contributed by atoms with Gasteiger partial charge in [0.05, 0.1) is 44.8 Å². The second-order valence-electron chi connectivity index (χ2n) is 13.7. The quantitative estimate of drug-likeness (QED) is 0.195. The summed E-state index contributed by atoms with van der Waals surface area (Å²) in [5.74, 6) is -2.98. The summed E-state index contributed by atoms with van der Waals surface area (Å²) < 4.78 is 0. The average Bonchev–Trinajstić information content (AvgIpc) is 3.05. The minimum absolute atomic E-state index is 0.00832. The van der Waals surface area contributed by atoms with Crippen LogP contribution < -0.4 is 9.80 Å². The zero-order valence-electron chi connectivity index (χ0n) is 28.4. The second-order valence-corrected chi connectivity index (χ2v) is 13.7. The molecule has 2 heterocycles. The van der Waals surface area contributed by atoms with Gasteiger partial charge >= 0.3 is 0 Å². The molecule has 0 unspecified atom stereocenters. The molecule has 6 rings (SSSR count). The Kier molecular flexibility index (Phi) is 7.80. The molecule has 0 aliphatic carbocycles. The van der Waals surface area contributed by atoms with E-state index >= 15 is 0 Å². The maximum absolute atomic E-state index is 14.6. The average molecular weight is 637 g/mol. The summed E-state index contributed by atoms with van der Waals surface area (Å²) in [5, 5.41) is 21.0. The molecule has 0 atom stereocenters. The molecular weight excluding hydrogens is 600 g/mol. The van der Waals surface area contributed by atoms with Crippen LogP contribution in [0.2, 0.25) is 0 Å². The Hall–Kier alpha value is -5.60. The first kappa shape index (κ1) is 32.3. The summed E-state index contributed by atoms with van der Waals surface area (Å²) in [6.07, 6.45) is 0. The lowest BCUT2D eigenvalue weighted by molar-refractivity contribution is 0.0872. The van der Waals surface area contributed by atoms with E-state index in [1.807, 2.05) is 91.8 Å².